The van der Waals surface area contributed by atoms with Crippen LogP contribution in [0, 0.1) is 5.82 Å². The third-order valence-electron chi connectivity index (χ3n) is 5.05. The number of hydrogen-bond acceptors (Lipinski definition) is 3. The summed E-state index contributed by atoms with van der Waals surface area (Å²) in [6.45, 7) is 0. The minimum Gasteiger partial charge on any atom is -0.322 e. The van der Waals surface area contributed by atoms with E-state index in [2.05, 4.69) is 10.6 Å². The molecular weight excluding hydrogens is 459 g/mol. The summed E-state index contributed by atoms with van der Waals surface area (Å²) in [7, 11) is 0. The molecule has 1 unspecified atom stereocenters. The fourth-order valence-corrected chi connectivity index (χ4v) is 4.45. The highest BCUT2D eigenvalue weighted by Gasteiger charge is 2.23. The number of amides is 2. The number of carbonyl (C=O) groups is 2. The molecule has 2 amide bonds. The van der Waals surface area contributed by atoms with Crippen molar-refractivity contribution < 1.29 is 14.0 Å². The molecule has 6 heteroatoms. The van der Waals surface area contributed by atoms with E-state index in [1.54, 1.807) is 24.3 Å². The van der Waals surface area contributed by atoms with Gasteiger partial charge in [0.25, 0.3) is 0 Å². The summed E-state index contributed by atoms with van der Waals surface area (Å²) in [6.07, 6.45) is 3.22. The van der Waals surface area contributed by atoms with Gasteiger partial charge in [-0.25, -0.2) is 4.39 Å². The van der Waals surface area contributed by atoms with Crippen LogP contribution in [0.1, 0.15) is 16.4 Å². The zero-order valence-corrected chi connectivity index (χ0v) is 19.5. The van der Waals surface area contributed by atoms with E-state index < -0.39 is 11.1 Å². The summed E-state index contributed by atoms with van der Waals surface area (Å²) in [5.41, 5.74) is 2.45. The van der Waals surface area contributed by atoms with Crippen molar-refractivity contribution in [1.29, 1.82) is 0 Å². The number of benzene rings is 4. The highest BCUT2D eigenvalue weighted by molar-refractivity contribution is 8.00. The Labute approximate surface area is 207 Å². The van der Waals surface area contributed by atoms with E-state index >= 15 is 0 Å². The lowest BCUT2D eigenvalue weighted by Crippen LogP contribution is -2.19. The lowest BCUT2D eigenvalue weighted by molar-refractivity contribution is -0.116. The second-order valence-corrected chi connectivity index (χ2v) is 8.82. The summed E-state index contributed by atoms with van der Waals surface area (Å²) in [4.78, 5) is 26.3. The van der Waals surface area contributed by atoms with E-state index in [0.29, 0.717) is 5.69 Å². The van der Waals surface area contributed by atoms with E-state index in [4.69, 9.17) is 0 Å². The first-order chi connectivity index (χ1) is 17.1. The van der Waals surface area contributed by atoms with Crippen LogP contribution in [0.2, 0.25) is 0 Å². The van der Waals surface area contributed by atoms with Gasteiger partial charge >= 0.3 is 0 Å². The lowest BCUT2D eigenvalue weighted by Gasteiger charge is -2.18. The van der Waals surface area contributed by atoms with E-state index in [0.717, 1.165) is 16.0 Å². The van der Waals surface area contributed by atoms with Gasteiger partial charge in [-0.05, 0) is 47.5 Å². The Balaban J connectivity index is 1.50. The van der Waals surface area contributed by atoms with Crippen molar-refractivity contribution in [3.63, 3.8) is 0 Å². The van der Waals surface area contributed by atoms with Crippen LogP contribution in [-0.4, -0.2) is 11.8 Å². The van der Waals surface area contributed by atoms with Gasteiger partial charge < -0.3 is 10.6 Å². The molecule has 4 rings (SSSR count). The predicted molar refractivity (Wildman–Crippen MR) is 141 cm³/mol. The van der Waals surface area contributed by atoms with Gasteiger partial charge in [0.15, 0.2) is 0 Å². The fraction of sp³-hybridized carbons (Fsp3) is 0.0345. The molecule has 1 atom stereocenters. The molecule has 35 heavy (non-hydrogen) atoms. The second-order valence-electron chi connectivity index (χ2n) is 7.64. The number of anilines is 2. The Bertz CT molecular complexity index is 1330. The summed E-state index contributed by atoms with van der Waals surface area (Å²) in [5.74, 6) is -1.09. The first-order valence-electron chi connectivity index (χ1n) is 11.0. The molecule has 0 saturated heterocycles. The summed E-state index contributed by atoms with van der Waals surface area (Å²) >= 11 is 1.32. The van der Waals surface area contributed by atoms with Crippen molar-refractivity contribution in [3.8, 4) is 0 Å². The quantitative estimate of drug-likeness (QED) is 0.211. The van der Waals surface area contributed by atoms with Crippen molar-refractivity contribution in [2.45, 2.75) is 10.1 Å². The SMILES string of the molecule is O=C(/C=C/c1ccccc1)Nc1cccc(SC(C(=O)Nc2ccccc2F)c2ccccc2)c1. The number of para-hydroxylation sites is 1. The van der Waals surface area contributed by atoms with Crippen molar-refractivity contribution in [2.24, 2.45) is 0 Å². The van der Waals surface area contributed by atoms with E-state index in [1.165, 1.54) is 30.0 Å². The Hall–Kier alpha value is -4.16. The molecule has 2 N–H and O–H groups in total. The standard InChI is InChI=1S/C29H23FN2O2S/c30-25-16-7-8-17-26(25)32-29(34)28(22-12-5-2-6-13-22)35-24-15-9-14-23(20-24)31-27(33)19-18-21-10-3-1-4-11-21/h1-20,28H,(H,31,33)(H,32,34)/b19-18+. The highest BCUT2D eigenvalue weighted by atomic mass is 32.2. The number of hydrogen-bond donors (Lipinski definition) is 2. The molecule has 0 bridgehead atoms. The van der Waals surface area contributed by atoms with Crippen LogP contribution < -0.4 is 10.6 Å². The molecule has 4 aromatic carbocycles. The van der Waals surface area contributed by atoms with Crippen LogP contribution in [0.25, 0.3) is 6.08 Å². The Morgan fingerprint density at radius 1 is 0.771 bits per heavy atom. The van der Waals surface area contributed by atoms with Crippen molar-refractivity contribution in [2.75, 3.05) is 10.6 Å². The van der Waals surface area contributed by atoms with Crippen LogP contribution in [0.4, 0.5) is 15.8 Å². The third kappa shape index (κ3) is 6.91. The number of nitrogens with one attached hydrogen (secondary N) is 2. The molecule has 0 spiro atoms. The zero-order chi connectivity index (χ0) is 24.5. The van der Waals surface area contributed by atoms with Gasteiger partial charge in [-0.2, -0.15) is 0 Å². The van der Waals surface area contributed by atoms with Gasteiger partial charge in [0.2, 0.25) is 11.8 Å². The maximum absolute atomic E-state index is 14.1. The van der Waals surface area contributed by atoms with Crippen molar-refractivity contribution >= 4 is 41.0 Å². The Morgan fingerprint density at radius 2 is 1.46 bits per heavy atom. The van der Waals surface area contributed by atoms with Crippen molar-refractivity contribution in [1.82, 2.24) is 0 Å². The Morgan fingerprint density at radius 3 is 2.20 bits per heavy atom. The average molecular weight is 483 g/mol. The largest absolute Gasteiger partial charge is 0.322 e. The third-order valence-corrected chi connectivity index (χ3v) is 6.30. The van der Waals surface area contributed by atoms with Crippen LogP contribution in [0.15, 0.2) is 120 Å². The molecule has 0 heterocycles. The number of halogens is 1. The van der Waals surface area contributed by atoms with Gasteiger partial charge in [-0.15, -0.1) is 11.8 Å². The van der Waals surface area contributed by atoms with Crippen LogP contribution in [0.3, 0.4) is 0 Å². The number of carbonyl (C=O) groups excluding carboxylic acids is 2. The molecule has 4 aromatic rings. The maximum Gasteiger partial charge on any atom is 0.248 e. The van der Waals surface area contributed by atoms with Gasteiger partial charge in [-0.3, -0.25) is 9.59 Å². The van der Waals surface area contributed by atoms with Crippen LogP contribution >= 0.6 is 11.8 Å². The van der Waals surface area contributed by atoms with Gasteiger partial charge in [0.1, 0.15) is 11.1 Å². The summed E-state index contributed by atoms with van der Waals surface area (Å²) < 4.78 is 14.1. The van der Waals surface area contributed by atoms with Crippen molar-refractivity contribution in [3.05, 3.63) is 132 Å². The van der Waals surface area contributed by atoms with E-state index in [9.17, 15) is 14.0 Å². The molecule has 0 saturated carbocycles. The predicted octanol–water partition coefficient (Wildman–Crippen LogP) is 6.95. The molecule has 0 fully saturated rings. The maximum atomic E-state index is 14.1. The minimum atomic E-state index is -0.625. The molecule has 0 aliphatic heterocycles. The summed E-state index contributed by atoms with van der Waals surface area (Å²) in [5, 5.41) is 4.92. The van der Waals surface area contributed by atoms with Gasteiger partial charge in [-0.1, -0.05) is 78.9 Å². The molecule has 0 aromatic heterocycles. The number of thioether (sulfide) groups is 1. The topological polar surface area (TPSA) is 58.2 Å². The fourth-order valence-electron chi connectivity index (χ4n) is 3.36. The van der Waals surface area contributed by atoms with Crippen LogP contribution in [-0.2, 0) is 9.59 Å². The smallest absolute Gasteiger partial charge is 0.248 e. The van der Waals surface area contributed by atoms with Gasteiger partial charge in [0, 0.05) is 16.7 Å². The second kappa shape index (κ2) is 11.8. The normalized spacial score (nSPS) is 11.7. The highest BCUT2D eigenvalue weighted by Crippen LogP contribution is 2.37. The first kappa shape index (κ1) is 24.0. The molecule has 0 aliphatic rings. The number of rotatable bonds is 8. The van der Waals surface area contributed by atoms with E-state index in [-0.39, 0.29) is 17.5 Å². The average Bonchev–Trinajstić information content (AvgIpc) is 2.89. The molecular formula is C29H23FN2O2S. The summed E-state index contributed by atoms with van der Waals surface area (Å²) in [6, 6.07) is 32.2. The van der Waals surface area contributed by atoms with Crippen LogP contribution in [0.5, 0.6) is 0 Å². The Kier molecular flexibility index (Phi) is 8.09. The van der Waals surface area contributed by atoms with E-state index in [1.807, 2.05) is 78.9 Å². The molecule has 0 radical (unpaired) electrons. The molecule has 0 aliphatic carbocycles. The monoisotopic (exact) mass is 482 g/mol. The zero-order valence-electron chi connectivity index (χ0n) is 18.7. The van der Waals surface area contributed by atoms with Gasteiger partial charge in [0.05, 0.1) is 5.69 Å². The molecule has 4 nitrogen and oxygen atoms in total. The molecule has 174 valence electrons. The minimum absolute atomic E-state index is 0.130. The first-order valence-corrected chi connectivity index (χ1v) is 11.9. The lowest BCUT2D eigenvalue weighted by atomic mass is 10.1.